The number of nitrogens with zero attached hydrogens (tertiary/aromatic N) is 2. The van der Waals surface area contributed by atoms with E-state index < -0.39 is 23.6 Å². The molecule has 0 radical (unpaired) electrons. The van der Waals surface area contributed by atoms with Gasteiger partial charge in [0.25, 0.3) is 11.8 Å². The quantitative estimate of drug-likeness (QED) is 0.243. The molecule has 3 aromatic rings. The number of anilines is 2. The third-order valence-electron chi connectivity index (χ3n) is 7.26. The van der Waals surface area contributed by atoms with E-state index in [2.05, 4.69) is 16.0 Å². The molecule has 9 nitrogen and oxygen atoms in total. The number of amides is 4. The molecule has 4 rings (SSSR count). The number of aldehydes is 1. The number of rotatable bonds is 5. The fourth-order valence-electron chi connectivity index (χ4n) is 4.66. The molecule has 1 aromatic heterocycles. The van der Waals surface area contributed by atoms with Gasteiger partial charge in [0.2, 0.25) is 6.29 Å². The van der Waals surface area contributed by atoms with Crippen LogP contribution >= 0.6 is 0 Å². The maximum Gasteiger partial charge on any atom is 0.321 e. The van der Waals surface area contributed by atoms with Crippen molar-refractivity contribution in [3.05, 3.63) is 81.9 Å². The highest BCUT2D eigenvalue weighted by Gasteiger charge is 2.25. The molecule has 238 valence electrons. The van der Waals surface area contributed by atoms with Gasteiger partial charge in [-0.25, -0.2) is 18.0 Å². The van der Waals surface area contributed by atoms with Crippen molar-refractivity contribution in [1.82, 2.24) is 14.8 Å². The van der Waals surface area contributed by atoms with Crippen molar-refractivity contribution in [2.24, 2.45) is 7.05 Å². The molecular weight excluding hydrogens is 575 g/mol. The van der Waals surface area contributed by atoms with Crippen molar-refractivity contribution in [2.75, 3.05) is 23.7 Å². The SMILES string of the molecule is CC.Cc1cc(NC(=O)c2c(C)c(C)n(C)c2C)ccc1F.O=CC(=O)NC1CCCN(C(=O)Nc2ccc(F)c(F)c2)C1. The number of carbonyl (C=O) groups is 4. The molecule has 2 aromatic carbocycles. The van der Waals surface area contributed by atoms with E-state index in [1.807, 2.05) is 46.2 Å². The number of aryl methyl sites for hydroxylation is 1. The van der Waals surface area contributed by atoms with Crippen LogP contribution in [0.15, 0.2) is 36.4 Å². The number of hydrogen-bond donors (Lipinski definition) is 3. The molecular formula is C32H40F3N5O4. The van der Waals surface area contributed by atoms with Crippen LogP contribution in [-0.2, 0) is 16.6 Å². The molecule has 0 spiro atoms. The Morgan fingerprint density at radius 3 is 2.02 bits per heavy atom. The molecule has 2 heterocycles. The van der Waals surface area contributed by atoms with E-state index in [9.17, 15) is 32.3 Å². The summed E-state index contributed by atoms with van der Waals surface area (Å²) in [5.41, 5.74) is 4.92. The van der Waals surface area contributed by atoms with Crippen LogP contribution in [0.4, 0.5) is 29.3 Å². The summed E-state index contributed by atoms with van der Waals surface area (Å²) >= 11 is 0. The van der Waals surface area contributed by atoms with Crippen LogP contribution in [0.25, 0.3) is 0 Å². The first-order chi connectivity index (χ1) is 20.8. The first-order valence-electron chi connectivity index (χ1n) is 14.3. The second-order valence-electron chi connectivity index (χ2n) is 10.1. The number of piperidine rings is 1. The average Bonchev–Trinajstić information content (AvgIpc) is 3.20. The number of halogens is 3. The van der Waals surface area contributed by atoms with Crippen LogP contribution in [0.1, 0.15) is 59.6 Å². The van der Waals surface area contributed by atoms with Crippen LogP contribution in [0, 0.1) is 45.1 Å². The predicted octanol–water partition coefficient (Wildman–Crippen LogP) is 5.95. The molecule has 1 unspecified atom stereocenters. The molecule has 1 atom stereocenters. The van der Waals surface area contributed by atoms with Gasteiger partial charge in [-0.1, -0.05) is 13.8 Å². The molecule has 4 amide bonds. The lowest BCUT2D eigenvalue weighted by atomic mass is 10.1. The molecule has 1 fully saturated rings. The molecule has 3 N–H and O–H groups in total. The average molecular weight is 616 g/mol. The zero-order chi connectivity index (χ0) is 33.1. The Balaban J connectivity index is 0.000000292. The zero-order valence-electron chi connectivity index (χ0n) is 26.1. The largest absolute Gasteiger partial charge is 0.351 e. The van der Waals surface area contributed by atoms with Gasteiger partial charge in [0, 0.05) is 55.0 Å². The number of hydrogen-bond acceptors (Lipinski definition) is 4. The van der Waals surface area contributed by atoms with Crippen molar-refractivity contribution in [2.45, 2.75) is 60.4 Å². The van der Waals surface area contributed by atoms with Crippen molar-refractivity contribution in [1.29, 1.82) is 0 Å². The summed E-state index contributed by atoms with van der Waals surface area (Å²) < 4.78 is 41.2. The van der Waals surface area contributed by atoms with Crippen LogP contribution in [-0.4, -0.2) is 52.7 Å². The highest BCUT2D eigenvalue weighted by molar-refractivity contribution is 6.23. The van der Waals surface area contributed by atoms with Gasteiger partial charge >= 0.3 is 6.03 Å². The van der Waals surface area contributed by atoms with Gasteiger partial charge in [-0.3, -0.25) is 14.4 Å². The van der Waals surface area contributed by atoms with E-state index in [0.29, 0.717) is 36.2 Å². The summed E-state index contributed by atoms with van der Waals surface area (Å²) in [6.07, 6.45) is 1.50. The lowest BCUT2D eigenvalue weighted by molar-refractivity contribution is -0.132. The van der Waals surface area contributed by atoms with E-state index in [-0.39, 0.29) is 36.3 Å². The molecule has 0 aliphatic carbocycles. The number of urea groups is 1. The highest BCUT2D eigenvalue weighted by Crippen LogP contribution is 2.22. The summed E-state index contributed by atoms with van der Waals surface area (Å²) in [6, 6.07) is 6.86. The van der Waals surface area contributed by atoms with Crippen LogP contribution in [0.5, 0.6) is 0 Å². The minimum absolute atomic E-state index is 0.142. The molecule has 1 aliphatic heterocycles. The van der Waals surface area contributed by atoms with Gasteiger partial charge in [-0.05, 0) is 82.0 Å². The molecule has 0 bridgehead atoms. The summed E-state index contributed by atoms with van der Waals surface area (Å²) in [7, 11) is 1.94. The second kappa shape index (κ2) is 16.3. The number of likely N-dealkylation sites (tertiary alicyclic amines) is 1. The van der Waals surface area contributed by atoms with E-state index in [1.165, 1.54) is 17.0 Å². The summed E-state index contributed by atoms with van der Waals surface area (Å²) in [5, 5.41) is 7.79. The Bertz CT molecular complexity index is 1480. The Morgan fingerprint density at radius 1 is 0.864 bits per heavy atom. The number of carbonyl (C=O) groups excluding carboxylic acids is 4. The Morgan fingerprint density at radius 2 is 1.48 bits per heavy atom. The smallest absolute Gasteiger partial charge is 0.321 e. The van der Waals surface area contributed by atoms with E-state index >= 15 is 0 Å². The van der Waals surface area contributed by atoms with Gasteiger partial charge in [0.1, 0.15) is 5.82 Å². The van der Waals surface area contributed by atoms with Gasteiger partial charge < -0.3 is 25.4 Å². The maximum atomic E-state index is 13.2. The zero-order valence-corrected chi connectivity index (χ0v) is 26.1. The predicted molar refractivity (Wildman–Crippen MR) is 164 cm³/mol. The first kappa shape index (κ1) is 35.6. The monoisotopic (exact) mass is 615 g/mol. The van der Waals surface area contributed by atoms with Crippen LogP contribution in [0.2, 0.25) is 0 Å². The lowest BCUT2D eigenvalue weighted by Crippen LogP contribution is -2.50. The van der Waals surface area contributed by atoms with Crippen molar-refractivity contribution >= 4 is 35.5 Å². The summed E-state index contributed by atoms with van der Waals surface area (Å²) in [4.78, 5) is 47.3. The molecule has 1 aliphatic rings. The molecule has 1 saturated heterocycles. The van der Waals surface area contributed by atoms with Crippen LogP contribution < -0.4 is 16.0 Å². The van der Waals surface area contributed by atoms with Gasteiger partial charge in [-0.15, -0.1) is 0 Å². The minimum atomic E-state index is -1.05. The summed E-state index contributed by atoms with van der Waals surface area (Å²) in [6.45, 7) is 12.2. The van der Waals surface area contributed by atoms with Gasteiger partial charge in [0.05, 0.1) is 5.56 Å². The standard InChI is InChI=1S/C16H19FN2O.C14H15F2N3O3.C2H6/c1-9-8-13(6-7-14(9)17)18-16(20)15-10(2)11(3)19(5)12(15)4;15-11-4-3-9(6-12(11)16)18-14(22)19-5-1-2-10(7-19)17-13(21)8-20;1-2/h6-8H,1-5H3,(H,18,20);3-4,6,8,10H,1-2,5,7H2,(H,17,21)(H,18,22);1-2H3. The Labute approximate surface area is 255 Å². The summed E-state index contributed by atoms with van der Waals surface area (Å²) in [5.74, 6) is -3.20. The van der Waals surface area contributed by atoms with E-state index in [4.69, 9.17) is 0 Å². The fourth-order valence-corrected chi connectivity index (χ4v) is 4.66. The maximum absolute atomic E-state index is 13.2. The molecule has 44 heavy (non-hydrogen) atoms. The third-order valence-corrected chi connectivity index (χ3v) is 7.26. The van der Waals surface area contributed by atoms with E-state index in [0.717, 1.165) is 29.1 Å². The van der Waals surface area contributed by atoms with Crippen molar-refractivity contribution in [3.8, 4) is 0 Å². The normalized spacial score (nSPS) is 13.9. The van der Waals surface area contributed by atoms with E-state index in [1.54, 1.807) is 19.1 Å². The van der Waals surface area contributed by atoms with Gasteiger partial charge in [0.15, 0.2) is 11.6 Å². The number of nitrogens with one attached hydrogen (secondary N) is 3. The third kappa shape index (κ3) is 9.19. The lowest BCUT2D eigenvalue weighted by Gasteiger charge is -2.32. The molecule has 0 saturated carbocycles. The number of benzene rings is 2. The Hall–Kier alpha value is -4.61. The van der Waals surface area contributed by atoms with Crippen molar-refractivity contribution < 1.29 is 32.3 Å². The number of aromatic nitrogens is 1. The van der Waals surface area contributed by atoms with Crippen molar-refractivity contribution in [3.63, 3.8) is 0 Å². The topological polar surface area (TPSA) is 113 Å². The first-order valence-corrected chi connectivity index (χ1v) is 14.3. The second-order valence-corrected chi connectivity index (χ2v) is 10.1. The van der Waals surface area contributed by atoms with Crippen LogP contribution in [0.3, 0.4) is 0 Å². The Kier molecular flexibility index (Phi) is 13.2. The van der Waals surface area contributed by atoms with Gasteiger partial charge in [-0.2, -0.15) is 0 Å². The highest BCUT2D eigenvalue weighted by atomic mass is 19.2. The fraction of sp³-hybridized carbons (Fsp3) is 0.375. The minimum Gasteiger partial charge on any atom is -0.351 e. The molecule has 12 heteroatoms.